The highest BCUT2D eigenvalue weighted by Crippen LogP contribution is 2.53. The minimum atomic E-state index is -2.46. The number of nitrogens with zero attached hydrogens (tertiary/aromatic N) is 3. The smallest absolute Gasteiger partial charge is 0.254 e. The van der Waals surface area contributed by atoms with Crippen LogP contribution in [0.3, 0.4) is 0 Å². The second-order valence-corrected chi connectivity index (χ2v) is 9.38. The summed E-state index contributed by atoms with van der Waals surface area (Å²) in [6, 6.07) is 1.49. The van der Waals surface area contributed by atoms with Gasteiger partial charge in [0.2, 0.25) is 5.88 Å². The number of ether oxygens (including phenoxy) is 1. The number of alkyl halides is 1. The molecule has 0 saturated carbocycles. The molecule has 4 heterocycles. The Hall–Kier alpha value is -1.92. The number of halogens is 2. The number of pyridine rings is 1. The van der Waals surface area contributed by atoms with Crippen molar-refractivity contribution in [3.63, 3.8) is 0 Å². The van der Waals surface area contributed by atoms with E-state index in [1.54, 1.807) is 23.1 Å². The molecule has 2 saturated heterocycles. The van der Waals surface area contributed by atoms with Gasteiger partial charge in [-0.2, -0.15) is 15.7 Å². The lowest BCUT2D eigenvalue weighted by atomic mass is 10.1. The van der Waals surface area contributed by atoms with Crippen LogP contribution in [0.15, 0.2) is 24.7 Å². The van der Waals surface area contributed by atoms with Gasteiger partial charge in [0.05, 0.1) is 23.7 Å². The maximum atomic E-state index is 14.0. The van der Waals surface area contributed by atoms with Crippen LogP contribution in [-0.2, 0) is 0 Å². The maximum absolute atomic E-state index is 14.0. The molecule has 0 radical (unpaired) electrons. The zero-order chi connectivity index (χ0) is 19.9. The van der Waals surface area contributed by atoms with Crippen molar-refractivity contribution < 1.29 is 23.0 Å². The molecule has 2 aliphatic rings. The SMILES string of the molecule is Cl.NC(=O)c1cc(-c2cnn(C3CS(O)(O)C3)c2)cnc1O[C@@H]1CCNC[C@@H]1F. The zero-order valence-corrected chi connectivity index (χ0v) is 17.0. The van der Waals surface area contributed by atoms with Crippen LogP contribution in [-0.4, -0.2) is 66.6 Å². The molecule has 0 aromatic carbocycles. The summed E-state index contributed by atoms with van der Waals surface area (Å²) < 4.78 is 40.4. The van der Waals surface area contributed by atoms with Gasteiger partial charge in [-0.3, -0.25) is 18.6 Å². The number of aromatic nitrogens is 3. The van der Waals surface area contributed by atoms with Gasteiger partial charge in [0.15, 0.2) is 0 Å². The van der Waals surface area contributed by atoms with E-state index in [1.807, 2.05) is 0 Å². The molecule has 2 aromatic heterocycles. The van der Waals surface area contributed by atoms with Crippen LogP contribution in [0, 0.1) is 0 Å². The second kappa shape index (κ2) is 8.44. The summed E-state index contributed by atoms with van der Waals surface area (Å²) >= 11 is 0. The predicted octanol–water partition coefficient (Wildman–Crippen LogP) is 1.85. The van der Waals surface area contributed by atoms with Crippen molar-refractivity contribution in [1.82, 2.24) is 20.1 Å². The summed E-state index contributed by atoms with van der Waals surface area (Å²) in [4.78, 5) is 16.1. The quantitative estimate of drug-likeness (QED) is 0.549. The topological polar surface area (TPSA) is 136 Å². The van der Waals surface area contributed by atoms with Crippen LogP contribution >= 0.6 is 23.0 Å². The number of primary amides is 1. The van der Waals surface area contributed by atoms with E-state index in [9.17, 15) is 18.3 Å². The molecule has 29 heavy (non-hydrogen) atoms. The number of rotatable bonds is 5. The molecular formula is C17H23ClFN5O4S. The fraction of sp³-hybridized carbons (Fsp3) is 0.471. The van der Waals surface area contributed by atoms with Crippen molar-refractivity contribution in [3.05, 3.63) is 30.2 Å². The molecule has 2 aromatic rings. The van der Waals surface area contributed by atoms with Gasteiger partial charge in [-0.15, -0.1) is 12.4 Å². The predicted molar refractivity (Wildman–Crippen MR) is 110 cm³/mol. The van der Waals surface area contributed by atoms with Gasteiger partial charge < -0.3 is 15.8 Å². The number of piperidine rings is 1. The van der Waals surface area contributed by atoms with Crippen molar-refractivity contribution in [2.24, 2.45) is 5.73 Å². The fourth-order valence-corrected chi connectivity index (χ4v) is 4.80. The molecule has 0 spiro atoms. The Bertz CT molecular complexity index is 890. The summed E-state index contributed by atoms with van der Waals surface area (Å²) in [7, 11) is -2.46. The Balaban J connectivity index is 0.00000240. The number of hydrogen-bond donors (Lipinski definition) is 4. The van der Waals surface area contributed by atoms with Crippen molar-refractivity contribution in [3.8, 4) is 17.0 Å². The van der Waals surface area contributed by atoms with E-state index < -0.39 is 28.8 Å². The molecular weight excluding hydrogens is 425 g/mol. The van der Waals surface area contributed by atoms with Crippen LogP contribution < -0.4 is 15.8 Å². The molecule has 12 heteroatoms. The third kappa shape index (κ3) is 4.64. The van der Waals surface area contributed by atoms with Crippen molar-refractivity contribution in [2.45, 2.75) is 24.7 Å². The number of nitrogens with two attached hydrogens (primary N) is 1. The molecule has 4 rings (SSSR count). The van der Waals surface area contributed by atoms with Gasteiger partial charge in [-0.1, -0.05) is 0 Å². The van der Waals surface area contributed by atoms with E-state index in [4.69, 9.17) is 10.5 Å². The number of carbonyl (C=O) groups is 1. The lowest BCUT2D eigenvalue weighted by Crippen LogP contribution is -2.44. The van der Waals surface area contributed by atoms with Crippen LogP contribution in [0.4, 0.5) is 4.39 Å². The molecule has 2 aliphatic heterocycles. The molecule has 9 nitrogen and oxygen atoms in total. The van der Waals surface area contributed by atoms with Crippen molar-refractivity contribution >= 4 is 28.9 Å². The third-order valence-corrected chi connectivity index (χ3v) is 6.79. The van der Waals surface area contributed by atoms with Gasteiger partial charge in [0, 0.05) is 30.1 Å². The molecule has 0 aliphatic carbocycles. The Morgan fingerprint density at radius 2 is 2.10 bits per heavy atom. The average molecular weight is 448 g/mol. The van der Waals surface area contributed by atoms with E-state index in [2.05, 4.69) is 15.4 Å². The number of nitrogens with one attached hydrogen (secondary N) is 1. The number of hydrogen-bond acceptors (Lipinski definition) is 7. The highest BCUT2D eigenvalue weighted by Gasteiger charge is 2.35. The van der Waals surface area contributed by atoms with E-state index in [0.717, 1.165) is 0 Å². The summed E-state index contributed by atoms with van der Waals surface area (Å²) in [5.41, 5.74) is 6.87. The largest absolute Gasteiger partial charge is 0.471 e. The van der Waals surface area contributed by atoms with Gasteiger partial charge in [0.25, 0.3) is 5.91 Å². The van der Waals surface area contributed by atoms with E-state index in [-0.39, 0.29) is 47.9 Å². The first-order chi connectivity index (χ1) is 13.3. The van der Waals surface area contributed by atoms with E-state index >= 15 is 0 Å². The monoisotopic (exact) mass is 447 g/mol. The zero-order valence-electron chi connectivity index (χ0n) is 15.4. The van der Waals surface area contributed by atoms with E-state index in [1.165, 1.54) is 6.20 Å². The van der Waals surface area contributed by atoms with E-state index in [0.29, 0.717) is 24.1 Å². The van der Waals surface area contributed by atoms with Gasteiger partial charge >= 0.3 is 0 Å². The van der Waals surface area contributed by atoms with Crippen molar-refractivity contribution in [2.75, 3.05) is 24.6 Å². The molecule has 160 valence electrons. The maximum Gasteiger partial charge on any atom is 0.254 e. The highest BCUT2D eigenvalue weighted by molar-refractivity contribution is 8.25. The average Bonchev–Trinajstić information content (AvgIpc) is 3.11. The lowest BCUT2D eigenvalue weighted by molar-refractivity contribution is 0.0676. The summed E-state index contributed by atoms with van der Waals surface area (Å²) in [5, 5.41) is 7.19. The van der Waals surface area contributed by atoms with Crippen LogP contribution in [0.25, 0.3) is 11.1 Å². The van der Waals surface area contributed by atoms with Crippen LogP contribution in [0.2, 0.25) is 0 Å². The Morgan fingerprint density at radius 3 is 2.76 bits per heavy atom. The van der Waals surface area contributed by atoms with Gasteiger partial charge in [-0.25, -0.2) is 9.37 Å². The molecule has 0 unspecified atom stereocenters. The molecule has 2 fully saturated rings. The standard InChI is InChI=1S/C17H22FN5O4S.ClH/c18-14-6-20-2-1-15(14)27-17-13(16(19)24)3-10(4-21-17)11-5-22-23(7-11)12-8-28(25,26)9-12;/h3-5,7,12,14-15,20,25-26H,1-2,6,8-9H2,(H2,19,24);1H/t14-,15+;/m0./s1. The summed E-state index contributed by atoms with van der Waals surface area (Å²) in [5.74, 6) is -0.126. The van der Waals surface area contributed by atoms with Crippen molar-refractivity contribution in [1.29, 1.82) is 0 Å². The first-order valence-electron chi connectivity index (χ1n) is 8.92. The minimum absolute atomic E-state index is 0. The van der Waals surface area contributed by atoms with Crippen LogP contribution in [0.5, 0.6) is 5.88 Å². The molecule has 2 atom stereocenters. The number of amides is 1. The molecule has 0 bridgehead atoms. The highest BCUT2D eigenvalue weighted by atomic mass is 35.5. The first kappa shape index (κ1) is 21.8. The molecule has 5 N–H and O–H groups in total. The molecule has 1 amide bonds. The lowest BCUT2D eigenvalue weighted by Gasteiger charge is -2.46. The second-order valence-electron chi connectivity index (χ2n) is 7.10. The Labute approximate surface area is 174 Å². The third-order valence-electron chi connectivity index (χ3n) is 4.96. The van der Waals surface area contributed by atoms with Gasteiger partial charge in [-0.05, 0) is 19.0 Å². The summed E-state index contributed by atoms with van der Waals surface area (Å²) in [6.45, 7) is 0.819. The first-order valence-corrected chi connectivity index (χ1v) is 10.8. The summed E-state index contributed by atoms with van der Waals surface area (Å²) in [6.07, 6.45) is 3.48. The van der Waals surface area contributed by atoms with Gasteiger partial charge in [0.1, 0.15) is 17.8 Å². The Kier molecular flexibility index (Phi) is 6.34. The number of carbonyl (C=O) groups excluding carboxylic acids is 1. The Morgan fingerprint density at radius 1 is 1.34 bits per heavy atom. The van der Waals surface area contributed by atoms with Crippen LogP contribution in [0.1, 0.15) is 22.8 Å². The fourth-order valence-electron chi connectivity index (χ4n) is 3.36. The minimum Gasteiger partial charge on any atom is -0.471 e. The normalized spacial score (nSPS) is 24.8.